The van der Waals surface area contributed by atoms with Crippen LogP contribution >= 0.6 is 0 Å². The highest BCUT2D eigenvalue weighted by atomic mass is 16.5. The van der Waals surface area contributed by atoms with Crippen molar-refractivity contribution >= 4 is 16.6 Å². The highest BCUT2D eigenvalue weighted by Crippen LogP contribution is 2.34. The average molecular weight is 352 g/mol. The number of aryl methyl sites for hydroxylation is 1. The van der Waals surface area contributed by atoms with Crippen LogP contribution in [0, 0.1) is 6.92 Å². The Balaban J connectivity index is 1.88. The molecule has 0 spiro atoms. The third-order valence-corrected chi connectivity index (χ3v) is 4.77. The van der Waals surface area contributed by atoms with Crippen molar-refractivity contribution in [1.29, 1.82) is 0 Å². The number of aromatic amines is 1. The van der Waals surface area contributed by atoms with E-state index in [0.29, 0.717) is 18.1 Å². The fourth-order valence-electron chi connectivity index (χ4n) is 3.75. The van der Waals surface area contributed by atoms with Gasteiger partial charge in [-0.15, -0.1) is 0 Å². The average Bonchev–Trinajstić information content (AvgIpc) is 3.05. The zero-order chi connectivity index (χ0) is 18.3. The molecule has 136 valence electrons. The van der Waals surface area contributed by atoms with Crippen LogP contribution in [0.4, 0.5) is 5.69 Å². The zero-order valence-corrected chi connectivity index (χ0v) is 15.6. The summed E-state index contributed by atoms with van der Waals surface area (Å²) in [6.45, 7) is 8.32. The Labute approximate surface area is 152 Å². The van der Waals surface area contributed by atoms with Crippen LogP contribution in [-0.2, 0) is 0 Å². The largest absolute Gasteiger partial charge is 0.467 e. The van der Waals surface area contributed by atoms with E-state index in [1.54, 1.807) is 7.11 Å². The molecule has 7 nitrogen and oxygen atoms in total. The molecule has 7 heteroatoms. The standard InChI is InChI=1S/C19H24N6O/c1-11-7-16(24-23-11)14-5-6-17(25-9-12(2)21-13(3)10-25)15-8-20-19(26-4)22-18(14)15/h5-8,12-13,21H,9-10H2,1-4H3,(H,23,24)/t12-,13+. The molecule has 0 radical (unpaired) electrons. The molecular weight excluding hydrogens is 328 g/mol. The van der Waals surface area contributed by atoms with Gasteiger partial charge in [-0.3, -0.25) is 5.10 Å². The van der Waals surface area contributed by atoms with Crippen molar-refractivity contribution in [3.63, 3.8) is 0 Å². The summed E-state index contributed by atoms with van der Waals surface area (Å²) in [5.74, 6) is 0. The molecule has 1 saturated heterocycles. The molecule has 2 aromatic heterocycles. The van der Waals surface area contributed by atoms with Gasteiger partial charge in [0, 0.05) is 53.7 Å². The van der Waals surface area contributed by atoms with E-state index in [2.05, 4.69) is 56.4 Å². The number of nitrogens with one attached hydrogen (secondary N) is 2. The monoisotopic (exact) mass is 352 g/mol. The molecule has 2 N–H and O–H groups in total. The predicted molar refractivity (Wildman–Crippen MR) is 103 cm³/mol. The summed E-state index contributed by atoms with van der Waals surface area (Å²) in [5.41, 5.74) is 4.88. The van der Waals surface area contributed by atoms with E-state index in [4.69, 9.17) is 4.74 Å². The number of anilines is 1. The molecule has 26 heavy (non-hydrogen) atoms. The number of H-pyrrole nitrogens is 1. The molecule has 4 rings (SSSR count). The lowest BCUT2D eigenvalue weighted by Crippen LogP contribution is -2.54. The van der Waals surface area contributed by atoms with Crippen LogP contribution in [0.3, 0.4) is 0 Å². The van der Waals surface area contributed by atoms with Crippen molar-refractivity contribution in [2.24, 2.45) is 0 Å². The molecule has 1 fully saturated rings. The van der Waals surface area contributed by atoms with E-state index >= 15 is 0 Å². The first-order chi connectivity index (χ1) is 12.5. The second-order valence-electron chi connectivity index (χ2n) is 7.06. The molecule has 0 aliphatic carbocycles. The number of hydrogen-bond donors (Lipinski definition) is 2. The van der Waals surface area contributed by atoms with Crippen molar-refractivity contribution in [3.05, 3.63) is 30.1 Å². The van der Waals surface area contributed by atoms with Gasteiger partial charge in [0.05, 0.1) is 18.3 Å². The SMILES string of the molecule is COc1ncc2c(N3C[C@@H](C)N[C@@H](C)C3)ccc(-c3cc(C)[nH]n3)c2n1. The Hall–Kier alpha value is -2.67. The normalized spacial score (nSPS) is 20.5. The Morgan fingerprint density at radius 2 is 1.96 bits per heavy atom. The highest BCUT2D eigenvalue weighted by molar-refractivity contribution is 6.00. The third-order valence-electron chi connectivity index (χ3n) is 4.77. The van der Waals surface area contributed by atoms with Crippen molar-refractivity contribution in [1.82, 2.24) is 25.5 Å². The molecule has 3 aromatic rings. The van der Waals surface area contributed by atoms with Gasteiger partial charge in [-0.05, 0) is 39.0 Å². The molecule has 1 aliphatic rings. The molecule has 2 atom stereocenters. The van der Waals surface area contributed by atoms with Crippen LogP contribution in [0.5, 0.6) is 6.01 Å². The van der Waals surface area contributed by atoms with Crippen LogP contribution in [0.1, 0.15) is 19.5 Å². The maximum Gasteiger partial charge on any atom is 0.316 e. The summed E-state index contributed by atoms with van der Waals surface area (Å²) in [6.07, 6.45) is 1.86. The molecule has 1 aromatic carbocycles. The molecule has 1 aliphatic heterocycles. The molecule has 3 heterocycles. The summed E-state index contributed by atoms with van der Waals surface area (Å²) in [5, 5.41) is 12.0. The van der Waals surface area contributed by atoms with Crippen LogP contribution in [0.2, 0.25) is 0 Å². The topological polar surface area (TPSA) is 79.0 Å². The number of hydrogen-bond acceptors (Lipinski definition) is 6. The van der Waals surface area contributed by atoms with E-state index in [1.165, 1.54) is 0 Å². The minimum Gasteiger partial charge on any atom is -0.467 e. The van der Waals surface area contributed by atoms with Crippen LogP contribution in [-0.4, -0.2) is 52.4 Å². The first-order valence-corrected chi connectivity index (χ1v) is 8.92. The fourth-order valence-corrected chi connectivity index (χ4v) is 3.75. The molecule has 0 saturated carbocycles. The summed E-state index contributed by atoms with van der Waals surface area (Å²) >= 11 is 0. The molecule has 0 bridgehead atoms. The van der Waals surface area contributed by atoms with E-state index in [1.807, 2.05) is 19.2 Å². The molecule has 0 unspecified atom stereocenters. The zero-order valence-electron chi connectivity index (χ0n) is 15.6. The Kier molecular flexibility index (Phi) is 4.24. The van der Waals surface area contributed by atoms with E-state index in [-0.39, 0.29) is 0 Å². The van der Waals surface area contributed by atoms with E-state index < -0.39 is 0 Å². The quantitative estimate of drug-likeness (QED) is 0.754. The summed E-state index contributed by atoms with van der Waals surface area (Å²) in [6, 6.07) is 7.51. The minimum absolute atomic E-state index is 0.366. The Bertz CT molecular complexity index is 927. The first kappa shape index (κ1) is 16.8. The number of ether oxygens (including phenoxy) is 1. The number of methoxy groups -OCH3 is 1. The van der Waals surface area contributed by atoms with Gasteiger partial charge in [0.2, 0.25) is 0 Å². The smallest absolute Gasteiger partial charge is 0.316 e. The predicted octanol–water partition coefficient (Wildman–Crippen LogP) is 2.52. The summed E-state index contributed by atoms with van der Waals surface area (Å²) in [4.78, 5) is 11.4. The van der Waals surface area contributed by atoms with Gasteiger partial charge in [-0.1, -0.05) is 0 Å². The van der Waals surface area contributed by atoms with Crippen molar-refractivity contribution in [3.8, 4) is 17.3 Å². The van der Waals surface area contributed by atoms with Crippen LogP contribution in [0.15, 0.2) is 24.4 Å². The Morgan fingerprint density at radius 1 is 1.19 bits per heavy atom. The number of piperazine rings is 1. The Morgan fingerprint density at radius 3 is 2.62 bits per heavy atom. The van der Waals surface area contributed by atoms with Gasteiger partial charge in [0.15, 0.2) is 0 Å². The number of aromatic nitrogens is 4. The van der Waals surface area contributed by atoms with Crippen molar-refractivity contribution < 1.29 is 4.74 Å². The maximum absolute atomic E-state index is 5.26. The van der Waals surface area contributed by atoms with E-state index in [9.17, 15) is 0 Å². The van der Waals surface area contributed by atoms with Crippen LogP contribution in [0.25, 0.3) is 22.2 Å². The lowest BCUT2D eigenvalue weighted by atomic mass is 10.0. The van der Waals surface area contributed by atoms with Gasteiger partial charge >= 0.3 is 6.01 Å². The van der Waals surface area contributed by atoms with Crippen molar-refractivity contribution in [2.75, 3.05) is 25.1 Å². The third kappa shape index (κ3) is 2.99. The number of benzene rings is 1. The lowest BCUT2D eigenvalue weighted by molar-refractivity contribution is 0.381. The van der Waals surface area contributed by atoms with Crippen LogP contribution < -0.4 is 15.0 Å². The second-order valence-corrected chi connectivity index (χ2v) is 7.06. The van der Waals surface area contributed by atoms with E-state index in [0.717, 1.165) is 46.6 Å². The van der Waals surface area contributed by atoms with Gasteiger partial charge in [-0.2, -0.15) is 10.1 Å². The number of nitrogens with zero attached hydrogens (tertiary/aromatic N) is 4. The second kappa shape index (κ2) is 6.57. The lowest BCUT2D eigenvalue weighted by Gasteiger charge is -2.38. The minimum atomic E-state index is 0.366. The van der Waals surface area contributed by atoms with Gasteiger partial charge in [0.1, 0.15) is 0 Å². The maximum atomic E-state index is 5.26. The van der Waals surface area contributed by atoms with Crippen molar-refractivity contribution in [2.45, 2.75) is 32.9 Å². The molecule has 0 amide bonds. The number of rotatable bonds is 3. The molecular formula is C19H24N6O. The first-order valence-electron chi connectivity index (χ1n) is 8.92. The highest BCUT2D eigenvalue weighted by Gasteiger charge is 2.24. The summed E-state index contributed by atoms with van der Waals surface area (Å²) in [7, 11) is 1.59. The van der Waals surface area contributed by atoms with Gasteiger partial charge in [0.25, 0.3) is 0 Å². The van der Waals surface area contributed by atoms with Gasteiger partial charge < -0.3 is 15.0 Å². The summed E-state index contributed by atoms with van der Waals surface area (Å²) < 4.78 is 5.26. The van der Waals surface area contributed by atoms with Gasteiger partial charge in [-0.25, -0.2) is 4.98 Å². The number of fused-ring (bicyclic) bond motifs is 1. The fraction of sp³-hybridized carbons (Fsp3) is 0.421.